The lowest BCUT2D eigenvalue weighted by molar-refractivity contribution is -0.132. The molecule has 2 fully saturated rings. The molecule has 4 atom stereocenters. The first-order chi connectivity index (χ1) is 8.58. The summed E-state index contributed by atoms with van der Waals surface area (Å²) in [6, 6.07) is 1.37. The van der Waals surface area contributed by atoms with Crippen molar-refractivity contribution in [1.29, 1.82) is 0 Å². The molecule has 18 heavy (non-hydrogen) atoms. The van der Waals surface area contributed by atoms with Gasteiger partial charge >= 0.3 is 0 Å². The first kappa shape index (κ1) is 13.8. The van der Waals surface area contributed by atoms with Crippen molar-refractivity contribution >= 4 is 5.91 Å². The van der Waals surface area contributed by atoms with Gasteiger partial charge in [0.15, 0.2) is 0 Å². The molecule has 2 rings (SSSR count). The van der Waals surface area contributed by atoms with Crippen molar-refractivity contribution in [3.8, 4) is 0 Å². The lowest BCUT2D eigenvalue weighted by atomic mass is 9.98. The van der Waals surface area contributed by atoms with Gasteiger partial charge in [0.25, 0.3) is 5.91 Å². The lowest BCUT2D eigenvalue weighted by Gasteiger charge is -2.40. The van der Waals surface area contributed by atoms with Gasteiger partial charge in [-0.1, -0.05) is 6.42 Å². The van der Waals surface area contributed by atoms with Gasteiger partial charge in [0.1, 0.15) is 0 Å². The fourth-order valence-electron chi connectivity index (χ4n) is 3.19. The molecule has 1 amide bonds. The van der Waals surface area contributed by atoms with Crippen molar-refractivity contribution in [3.63, 3.8) is 0 Å². The van der Waals surface area contributed by atoms with E-state index in [4.69, 9.17) is 0 Å². The number of hydrogen-bond donors (Lipinski definition) is 2. The monoisotopic (exact) mass is 253 g/mol. The Bertz CT molecular complexity index is 285. The van der Waals surface area contributed by atoms with Crippen molar-refractivity contribution < 1.29 is 4.79 Å². The zero-order chi connectivity index (χ0) is 13.1. The summed E-state index contributed by atoms with van der Waals surface area (Å²) in [5.74, 6) is 0.155. The van der Waals surface area contributed by atoms with Gasteiger partial charge in [0.2, 0.25) is 0 Å². The van der Waals surface area contributed by atoms with E-state index in [1.54, 1.807) is 0 Å². The van der Waals surface area contributed by atoms with E-state index in [0.29, 0.717) is 18.1 Å². The van der Waals surface area contributed by atoms with E-state index in [2.05, 4.69) is 36.5 Å². The number of nitrogens with one attached hydrogen (secondary N) is 2. The highest BCUT2D eigenvalue weighted by molar-refractivity contribution is 5.81. The fraction of sp³-hybridized carbons (Fsp3) is 0.929. The highest BCUT2D eigenvalue weighted by atomic mass is 16.2. The van der Waals surface area contributed by atoms with Crippen LogP contribution < -0.4 is 10.7 Å². The maximum absolute atomic E-state index is 12.3. The molecule has 4 heteroatoms. The quantitative estimate of drug-likeness (QED) is 0.789. The van der Waals surface area contributed by atoms with Gasteiger partial charge in [0, 0.05) is 18.1 Å². The normalized spacial score (nSPS) is 38.4. The molecule has 104 valence electrons. The van der Waals surface area contributed by atoms with E-state index in [0.717, 1.165) is 12.8 Å². The van der Waals surface area contributed by atoms with Gasteiger partial charge in [0.05, 0.1) is 6.04 Å². The zero-order valence-corrected chi connectivity index (χ0v) is 11.9. The highest BCUT2D eigenvalue weighted by Gasteiger charge is 2.30. The van der Waals surface area contributed by atoms with Crippen LogP contribution in [0.1, 0.15) is 59.3 Å². The minimum absolute atomic E-state index is 0.00456. The molecule has 0 saturated carbocycles. The van der Waals surface area contributed by atoms with Crippen LogP contribution in [0.5, 0.6) is 0 Å². The molecule has 0 radical (unpaired) electrons. The molecule has 0 spiro atoms. The number of hydrazine groups is 1. The Morgan fingerprint density at radius 2 is 1.67 bits per heavy atom. The second kappa shape index (κ2) is 6.02. The van der Waals surface area contributed by atoms with Gasteiger partial charge in [-0.3, -0.25) is 10.2 Å². The largest absolute Gasteiger partial charge is 0.303 e. The predicted molar refractivity (Wildman–Crippen MR) is 73.0 cm³/mol. The van der Waals surface area contributed by atoms with E-state index in [1.165, 1.54) is 25.7 Å². The van der Waals surface area contributed by atoms with Gasteiger partial charge in [-0.15, -0.1) is 0 Å². The number of amides is 1. The van der Waals surface area contributed by atoms with Crippen LogP contribution in [0.3, 0.4) is 0 Å². The molecule has 2 aliphatic rings. The summed E-state index contributed by atoms with van der Waals surface area (Å²) in [5, 5.41) is 5.56. The highest BCUT2D eigenvalue weighted by Crippen LogP contribution is 2.21. The fourth-order valence-corrected chi connectivity index (χ4v) is 3.19. The van der Waals surface area contributed by atoms with Gasteiger partial charge < -0.3 is 5.32 Å². The maximum Gasteiger partial charge on any atom is 0.251 e. The minimum atomic E-state index is -0.00456. The van der Waals surface area contributed by atoms with Crippen molar-refractivity contribution in [2.75, 3.05) is 0 Å². The molecule has 4 nitrogen and oxygen atoms in total. The van der Waals surface area contributed by atoms with E-state index >= 15 is 0 Å². The molecule has 0 bridgehead atoms. The van der Waals surface area contributed by atoms with Gasteiger partial charge in [-0.2, -0.15) is 0 Å². The number of piperidine rings is 2. The zero-order valence-electron chi connectivity index (χ0n) is 11.9. The van der Waals surface area contributed by atoms with E-state index < -0.39 is 0 Å². The molecular formula is C14H27N3O. The standard InChI is InChI=1S/C14H27N3O/c1-10-6-4-9-13(15-10)14(18)16-17-11(2)7-5-8-12(17)3/h10-13,15H,4-9H2,1-3H3,(H,16,18). The molecule has 0 aromatic heterocycles. The lowest BCUT2D eigenvalue weighted by Crippen LogP contribution is -2.59. The summed E-state index contributed by atoms with van der Waals surface area (Å²) in [5.41, 5.74) is 3.14. The summed E-state index contributed by atoms with van der Waals surface area (Å²) in [4.78, 5) is 12.3. The number of nitrogens with zero attached hydrogens (tertiary/aromatic N) is 1. The van der Waals surface area contributed by atoms with Crippen molar-refractivity contribution in [2.45, 2.75) is 83.5 Å². The number of rotatable bonds is 2. The summed E-state index contributed by atoms with van der Waals surface area (Å²) < 4.78 is 0. The third kappa shape index (κ3) is 3.23. The molecule has 2 aliphatic heterocycles. The molecule has 2 N–H and O–H groups in total. The Morgan fingerprint density at radius 3 is 2.28 bits per heavy atom. The molecule has 0 aromatic rings. The Hall–Kier alpha value is -0.610. The topological polar surface area (TPSA) is 44.4 Å². The number of carbonyl (C=O) groups is 1. The summed E-state index contributed by atoms with van der Waals surface area (Å²) in [6.07, 6.45) is 6.93. The van der Waals surface area contributed by atoms with Crippen molar-refractivity contribution in [1.82, 2.24) is 15.8 Å². The molecular weight excluding hydrogens is 226 g/mol. The maximum atomic E-state index is 12.3. The van der Waals surface area contributed by atoms with Crippen LogP contribution in [-0.4, -0.2) is 35.1 Å². The predicted octanol–water partition coefficient (Wildman–Crippen LogP) is 1.81. The Labute approximate surface area is 110 Å². The van der Waals surface area contributed by atoms with Crippen molar-refractivity contribution in [3.05, 3.63) is 0 Å². The first-order valence-electron chi connectivity index (χ1n) is 7.43. The van der Waals surface area contributed by atoms with Crippen molar-refractivity contribution in [2.24, 2.45) is 0 Å². The summed E-state index contributed by atoms with van der Waals surface area (Å²) >= 11 is 0. The molecule has 4 unspecified atom stereocenters. The van der Waals surface area contributed by atoms with Gasteiger partial charge in [-0.05, 0) is 52.9 Å². The van der Waals surface area contributed by atoms with E-state index in [1.807, 2.05) is 0 Å². The smallest absolute Gasteiger partial charge is 0.251 e. The van der Waals surface area contributed by atoms with Crippen LogP contribution in [0.15, 0.2) is 0 Å². The second-order valence-corrected chi connectivity index (χ2v) is 6.06. The van der Waals surface area contributed by atoms with E-state index in [-0.39, 0.29) is 11.9 Å². The average Bonchev–Trinajstić information content (AvgIpc) is 2.34. The van der Waals surface area contributed by atoms with Crippen LogP contribution in [-0.2, 0) is 4.79 Å². The third-order valence-electron chi connectivity index (χ3n) is 4.36. The first-order valence-corrected chi connectivity index (χ1v) is 7.43. The number of hydrogen-bond acceptors (Lipinski definition) is 3. The van der Waals surface area contributed by atoms with Crippen LogP contribution >= 0.6 is 0 Å². The summed E-state index contributed by atoms with van der Waals surface area (Å²) in [6.45, 7) is 6.56. The Kier molecular flexibility index (Phi) is 4.62. The average molecular weight is 253 g/mol. The summed E-state index contributed by atoms with van der Waals surface area (Å²) in [7, 11) is 0. The molecule has 0 aromatic carbocycles. The SMILES string of the molecule is CC1CCCC(C(=O)NN2C(C)CCCC2C)N1. The second-order valence-electron chi connectivity index (χ2n) is 6.06. The van der Waals surface area contributed by atoms with Gasteiger partial charge in [-0.25, -0.2) is 5.01 Å². The number of carbonyl (C=O) groups excluding carboxylic acids is 1. The molecule has 2 saturated heterocycles. The Morgan fingerprint density at radius 1 is 1.06 bits per heavy atom. The third-order valence-corrected chi connectivity index (χ3v) is 4.36. The molecule has 0 aliphatic carbocycles. The van der Waals surface area contributed by atoms with Crippen LogP contribution in [0.4, 0.5) is 0 Å². The van der Waals surface area contributed by atoms with Crippen LogP contribution in [0, 0.1) is 0 Å². The Balaban J connectivity index is 1.89. The van der Waals surface area contributed by atoms with Crippen LogP contribution in [0.25, 0.3) is 0 Å². The molecule has 2 heterocycles. The minimum Gasteiger partial charge on any atom is -0.303 e. The van der Waals surface area contributed by atoms with Crippen LogP contribution in [0.2, 0.25) is 0 Å². The van der Waals surface area contributed by atoms with E-state index in [9.17, 15) is 4.79 Å².